The fourth-order valence-electron chi connectivity index (χ4n) is 4.79. The Kier molecular flexibility index (Phi) is 3.97. The molecule has 0 radical (unpaired) electrons. The number of esters is 1. The van der Waals surface area contributed by atoms with E-state index in [-0.39, 0.29) is 17.9 Å². The van der Waals surface area contributed by atoms with E-state index in [1.165, 1.54) is 19.1 Å². The number of ether oxygens (including phenoxy) is 1. The van der Waals surface area contributed by atoms with Crippen LogP contribution < -0.4 is 9.64 Å². The molecule has 0 aromatic heterocycles. The minimum absolute atomic E-state index is 0.317. The van der Waals surface area contributed by atoms with Gasteiger partial charge in [-0.1, -0.05) is 24.3 Å². The van der Waals surface area contributed by atoms with Crippen molar-refractivity contribution >= 4 is 29.5 Å². The predicted molar refractivity (Wildman–Crippen MR) is 107 cm³/mol. The molecule has 2 amide bonds. The van der Waals surface area contributed by atoms with Gasteiger partial charge in [0.15, 0.2) is 0 Å². The Hall–Kier alpha value is -3.92. The average molecular weight is 399 g/mol. The molecule has 2 saturated heterocycles. The highest BCUT2D eigenvalue weighted by atomic mass is 16.5. The van der Waals surface area contributed by atoms with Crippen LogP contribution in [0.2, 0.25) is 0 Å². The number of imide groups is 1. The van der Waals surface area contributed by atoms with Gasteiger partial charge in [-0.25, -0.2) is 4.90 Å². The molecule has 0 aliphatic carbocycles. The van der Waals surface area contributed by atoms with Crippen LogP contribution >= 0.6 is 0 Å². The van der Waals surface area contributed by atoms with Crippen molar-refractivity contribution in [1.82, 2.24) is 4.90 Å². The van der Waals surface area contributed by atoms with Crippen LogP contribution in [0.4, 0.5) is 5.69 Å². The molecule has 0 N–H and O–H groups in total. The number of amides is 2. The zero-order valence-corrected chi connectivity index (χ0v) is 16.1. The molecule has 5 rings (SSSR count). The maximum Gasteiger partial charge on any atom is 0.308 e. The number of rotatable bonds is 2. The highest BCUT2D eigenvalue weighted by molar-refractivity contribution is 6.23. The largest absolute Gasteiger partial charge is 0.427 e. The maximum absolute atomic E-state index is 13.4. The van der Waals surface area contributed by atoms with E-state index in [1.54, 1.807) is 12.1 Å². The smallest absolute Gasteiger partial charge is 0.308 e. The highest BCUT2D eigenvalue weighted by Gasteiger charge is 2.63. The van der Waals surface area contributed by atoms with Gasteiger partial charge in [-0.05, 0) is 41.5 Å². The van der Waals surface area contributed by atoms with E-state index < -0.39 is 23.8 Å². The summed E-state index contributed by atoms with van der Waals surface area (Å²) >= 11 is 0. The molecule has 7 nitrogen and oxygen atoms in total. The molecule has 2 aromatic rings. The third-order valence-electron chi connectivity index (χ3n) is 5.95. The Morgan fingerprint density at radius 2 is 1.73 bits per heavy atom. The summed E-state index contributed by atoms with van der Waals surface area (Å²) in [7, 11) is 0. The minimum Gasteiger partial charge on any atom is -0.427 e. The zero-order chi connectivity index (χ0) is 21.0. The summed E-state index contributed by atoms with van der Waals surface area (Å²) in [5.41, 5.74) is 2.33. The lowest BCUT2D eigenvalue weighted by Crippen LogP contribution is -2.40. The van der Waals surface area contributed by atoms with Crippen LogP contribution in [0.3, 0.4) is 0 Å². The van der Waals surface area contributed by atoms with Gasteiger partial charge in [0.1, 0.15) is 11.8 Å². The second-order valence-electron chi connectivity index (χ2n) is 7.56. The summed E-state index contributed by atoms with van der Waals surface area (Å²) in [4.78, 5) is 40.9. The van der Waals surface area contributed by atoms with Gasteiger partial charge < -0.3 is 9.64 Å². The molecule has 2 fully saturated rings. The first-order valence-corrected chi connectivity index (χ1v) is 9.62. The lowest BCUT2D eigenvalue weighted by Gasteiger charge is -2.33. The summed E-state index contributed by atoms with van der Waals surface area (Å²) in [6, 6.07) is 15.1. The summed E-state index contributed by atoms with van der Waals surface area (Å²) < 4.78 is 5.02. The topological polar surface area (TPSA) is 90.7 Å². The average Bonchev–Trinajstić information content (AvgIpc) is 3.21. The number of nitriles is 1. The van der Waals surface area contributed by atoms with Crippen molar-refractivity contribution < 1.29 is 19.1 Å². The molecule has 3 aliphatic heterocycles. The number of benzene rings is 2. The van der Waals surface area contributed by atoms with Gasteiger partial charge in [-0.2, -0.15) is 5.26 Å². The first kappa shape index (κ1) is 18.1. The van der Waals surface area contributed by atoms with E-state index in [4.69, 9.17) is 4.74 Å². The summed E-state index contributed by atoms with van der Waals surface area (Å²) in [5.74, 6) is -2.19. The zero-order valence-electron chi connectivity index (χ0n) is 16.1. The van der Waals surface area contributed by atoms with Crippen molar-refractivity contribution in [2.45, 2.75) is 19.0 Å². The van der Waals surface area contributed by atoms with Crippen molar-refractivity contribution in [2.24, 2.45) is 11.8 Å². The fourth-order valence-corrected chi connectivity index (χ4v) is 4.79. The molecule has 148 valence electrons. The first-order chi connectivity index (χ1) is 14.5. The molecular weight excluding hydrogens is 382 g/mol. The van der Waals surface area contributed by atoms with Crippen molar-refractivity contribution in [3.63, 3.8) is 0 Å². The molecule has 3 heterocycles. The molecule has 0 spiro atoms. The highest BCUT2D eigenvalue weighted by Crippen LogP contribution is 2.52. The Bertz CT molecular complexity index is 1150. The van der Waals surface area contributed by atoms with E-state index >= 15 is 0 Å². The second-order valence-corrected chi connectivity index (χ2v) is 7.56. The van der Waals surface area contributed by atoms with Gasteiger partial charge in [0.05, 0.1) is 29.6 Å². The van der Waals surface area contributed by atoms with Crippen molar-refractivity contribution in [3.05, 3.63) is 65.9 Å². The molecule has 30 heavy (non-hydrogen) atoms. The summed E-state index contributed by atoms with van der Waals surface area (Å²) in [6.07, 6.45) is 3.73. The van der Waals surface area contributed by atoms with E-state index in [0.717, 1.165) is 16.0 Å². The van der Waals surface area contributed by atoms with Crippen LogP contribution in [0.1, 0.15) is 24.1 Å². The summed E-state index contributed by atoms with van der Waals surface area (Å²) in [5, 5.41) is 9.83. The van der Waals surface area contributed by atoms with Crippen molar-refractivity contribution in [2.75, 3.05) is 4.90 Å². The van der Waals surface area contributed by atoms with E-state index in [2.05, 4.69) is 6.07 Å². The third kappa shape index (κ3) is 2.47. The number of anilines is 1. The molecule has 0 saturated carbocycles. The van der Waals surface area contributed by atoms with Crippen LogP contribution in [0.25, 0.3) is 6.08 Å². The Balaban J connectivity index is 1.54. The Labute approximate surface area is 172 Å². The predicted octanol–water partition coefficient (Wildman–Crippen LogP) is 2.65. The summed E-state index contributed by atoms with van der Waals surface area (Å²) in [6.45, 7) is 1.30. The molecule has 2 aromatic carbocycles. The van der Waals surface area contributed by atoms with Crippen LogP contribution in [-0.4, -0.2) is 28.7 Å². The minimum atomic E-state index is -0.739. The van der Waals surface area contributed by atoms with Gasteiger partial charge in [-0.3, -0.25) is 14.4 Å². The SMILES string of the molecule is CC(=O)Oc1ccc(N2C(=O)[C@@H]3[C@H](C2=O)[C@@H]2c4ccccc4C=CN2[C@@H]3C#N)cc1. The normalized spacial score (nSPS) is 26.1. The Morgan fingerprint density at radius 3 is 2.43 bits per heavy atom. The van der Waals surface area contributed by atoms with Gasteiger partial charge in [-0.15, -0.1) is 0 Å². The fraction of sp³-hybridized carbons (Fsp3) is 0.217. The molecule has 0 bridgehead atoms. The molecule has 7 heteroatoms. The number of nitrogens with zero attached hydrogens (tertiary/aromatic N) is 3. The second kappa shape index (κ2) is 6.56. The Morgan fingerprint density at radius 1 is 1.03 bits per heavy atom. The van der Waals surface area contributed by atoms with Crippen LogP contribution in [-0.2, 0) is 14.4 Å². The maximum atomic E-state index is 13.4. The monoisotopic (exact) mass is 399 g/mol. The van der Waals surface area contributed by atoms with Gasteiger partial charge in [0.2, 0.25) is 11.8 Å². The van der Waals surface area contributed by atoms with Crippen LogP contribution in [0.5, 0.6) is 5.75 Å². The lowest BCUT2D eigenvalue weighted by atomic mass is 9.85. The molecule has 3 aliphatic rings. The number of hydrogen-bond donors (Lipinski definition) is 0. The van der Waals surface area contributed by atoms with Gasteiger partial charge in [0, 0.05) is 13.1 Å². The van der Waals surface area contributed by atoms with Gasteiger partial charge in [0.25, 0.3) is 0 Å². The number of carbonyl (C=O) groups excluding carboxylic acids is 3. The number of carbonyl (C=O) groups is 3. The first-order valence-electron chi connectivity index (χ1n) is 9.62. The van der Waals surface area contributed by atoms with E-state index in [9.17, 15) is 19.6 Å². The quantitative estimate of drug-likeness (QED) is 0.438. The number of fused-ring (bicyclic) bond motifs is 5. The molecule has 0 unspecified atom stereocenters. The van der Waals surface area contributed by atoms with Gasteiger partial charge >= 0.3 is 5.97 Å². The standard InChI is InChI=1S/C23H17N3O4/c1-13(27)30-16-8-6-15(7-9-16)26-22(28)19-18(12-24)25-11-10-14-4-2-3-5-17(14)21(25)20(19)23(26)29/h2-11,18-21H,1H3/t18-,19+,20+,21+/m1/s1. The van der Waals surface area contributed by atoms with Crippen molar-refractivity contribution in [1.29, 1.82) is 5.26 Å². The third-order valence-corrected chi connectivity index (χ3v) is 5.95. The molecular formula is C23H17N3O4. The lowest BCUT2D eigenvalue weighted by molar-refractivity contribution is -0.132. The van der Waals surface area contributed by atoms with E-state index in [0.29, 0.717) is 11.4 Å². The van der Waals surface area contributed by atoms with Crippen molar-refractivity contribution in [3.8, 4) is 11.8 Å². The number of hydrogen-bond acceptors (Lipinski definition) is 6. The molecule has 4 atom stereocenters. The van der Waals surface area contributed by atoms with Crippen LogP contribution in [0.15, 0.2) is 54.7 Å². The van der Waals surface area contributed by atoms with Crippen LogP contribution in [0, 0.1) is 23.2 Å². The van der Waals surface area contributed by atoms with E-state index in [1.807, 2.05) is 41.4 Å².